The van der Waals surface area contributed by atoms with Crippen LogP contribution in [0.1, 0.15) is 5.56 Å². The Morgan fingerprint density at radius 1 is 1.05 bits per heavy atom. The summed E-state index contributed by atoms with van der Waals surface area (Å²) in [5, 5.41) is 5.09. The molecule has 2 aromatic carbocycles. The first-order chi connectivity index (χ1) is 9.79. The maximum absolute atomic E-state index is 6.11. The molecule has 1 heterocycles. The van der Waals surface area contributed by atoms with Crippen molar-refractivity contribution in [2.24, 2.45) is 5.73 Å². The van der Waals surface area contributed by atoms with Crippen LogP contribution in [0.25, 0.3) is 16.9 Å². The zero-order chi connectivity index (χ0) is 13.9. The topological polar surface area (TPSA) is 43.8 Å². The van der Waals surface area contributed by atoms with Crippen LogP contribution in [0.15, 0.2) is 60.8 Å². The van der Waals surface area contributed by atoms with E-state index in [0.717, 1.165) is 22.5 Å². The van der Waals surface area contributed by atoms with Gasteiger partial charge in [0.25, 0.3) is 0 Å². The SMILES string of the molecule is NCc1cc(-c2ccnn2-c2ccccc2)ccc1Cl. The maximum atomic E-state index is 6.11. The van der Waals surface area contributed by atoms with E-state index in [9.17, 15) is 0 Å². The average Bonchev–Trinajstić information content (AvgIpc) is 2.98. The van der Waals surface area contributed by atoms with Crippen LogP contribution in [0.4, 0.5) is 0 Å². The molecule has 0 spiro atoms. The highest BCUT2D eigenvalue weighted by atomic mass is 35.5. The number of rotatable bonds is 3. The third-order valence-electron chi connectivity index (χ3n) is 3.20. The van der Waals surface area contributed by atoms with Crippen molar-refractivity contribution in [3.63, 3.8) is 0 Å². The highest BCUT2D eigenvalue weighted by Gasteiger charge is 2.09. The summed E-state index contributed by atoms with van der Waals surface area (Å²) >= 11 is 6.11. The van der Waals surface area contributed by atoms with Gasteiger partial charge in [0.15, 0.2) is 0 Å². The number of hydrogen-bond acceptors (Lipinski definition) is 2. The second-order valence-electron chi connectivity index (χ2n) is 4.47. The van der Waals surface area contributed by atoms with Gasteiger partial charge < -0.3 is 5.73 Å². The number of halogens is 1. The van der Waals surface area contributed by atoms with Crippen LogP contribution in [-0.4, -0.2) is 9.78 Å². The van der Waals surface area contributed by atoms with Gasteiger partial charge in [0.2, 0.25) is 0 Å². The number of hydrogen-bond donors (Lipinski definition) is 1. The van der Waals surface area contributed by atoms with Crippen molar-refractivity contribution in [2.45, 2.75) is 6.54 Å². The van der Waals surface area contributed by atoms with Crippen molar-refractivity contribution in [1.29, 1.82) is 0 Å². The van der Waals surface area contributed by atoms with Crippen LogP contribution in [-0.2, 0) is 6.54 Å². The summed E-state index contributed by atoms with van der Waals surface area (Å²) in [6, 6.07) is 17.9. The number of nitrogens with two attached hydrogens (primary N) is 1. The Bertz CT molecular complexity index is 720. The summed E-state index contributed by atoms with van der Waals surface area (Å²) in [7, 11) is 0. The lowest BCUT2D eigenvalue weighted by atomic mass is 10.1. The molecule has 3 aromatic rings. The van der Waals surface area contributed by atoms with E-state index in [4.69, 9.17) is 17.3 Å². The Kier molecular flexibility index (Phi) is 3.54. The molecule has 3 nitrogen and oxygen atoms in total. The summed E-state index contributed by atoms with van der Waals surface area (Å²) in [5.41, 5.74) is 9.74. The molecule has 2 N–H and O–H groups in total. The van der Waals surface area contributed by atoms with E-state index in [-0.39, 0.29) is 0 Å². The molecule has 0 fully saturated rings. The molecule has 0 aliphatic rings. The highest BCUT2D eigenvalue weighted by molar-refractivity contribution is 6.31. The van der Waals surface area contributed by atoms with Crippen LogP contribution in [0.3, 0.4) is 0 Å². The number of nitrogens with zero attached hydrogens (tertiary/aromatic N) is 2. The lowest BCUT2D eigenvalue weighted by Gasteiger charge is -2.09. The third kappa shape index (κ3) is 2.33. The largest absolute Gasteiger partial charge is 0.326 e. The van der Waals surface area contributed by atoms with Gasteiger partial charge in [-0.15, -0.1) is 0 Å². The molecule has 0 saturated carbocycles. The summed E-state index contributed by atoms with van der Waals surface area (Å²) in [4.78, 5) is 0. The van der Waals surface area contributed by atoms with Crippen LogP contribution >= 0.6 is 11.6 Å². The fourth-order valence-corrected chi connectivity index (χ4v) is 2.38. The Labute approximate surface area is 122 Å². The summed E-state index contributed by atoms with van der Waals surface area (Å²) in [5.74, 6) is 0. The smallest absolute Gasteiger partial charge is 0.0741 e. The van der Waals surface area contributed by atoms with Gasteiger partial charge in [0, 0.05) is 17.1 Å². The molecule has 0 atom stereocenters. The van der Waals surface area contributed by atoms with Crippen LogP contribution in [0, 0.1) is 0 Å². The second-order valence-corrected chi connectivity index (χ2v) is 4.88. The first-order valence-corrected chi connectivity index (χ1v) is 6.75. The van der Waals surface area contributed by atoms with Crippen molar-refractivity contribution < 1.29 is 0 Å². The van der Waals surface area contributed by atoms with Gasteiger partial charge in [-0.3, -0.25) is 0 Å². The second kappa shape index (κ2) is 5.49. The zero-order valence-electron chi connectivity index (χ0n) is 10.8. The van der Waals surface area contributed by atoms with E-state index in [2.05, 4.69) is 5.10 Å². The molecule has 0 bridgehead atoms. The molecule has 0 aliphatic carbocycles. The minimum atomic E-state index is 0.423. The number of benzene rings is 2. The molecule has 0 radical (unpaired) electrons. The molecule has 100 valence electrons. The van der Waals surface area contributed by atoms with Crippen molar-refractivity contribution >= 4 is 11.6 Å². The fraction of sp³-hybridized carbons (Fsp3) is 0.0625. The monoisotopic (exact) mass is 283 g/mol. The fourth-order valence-electron chi connectivity index (χ4n) is 2.19. The molecular formula is C16H14ClN3. The lowest BCUT2D eigenvalue weighted by Crippen LogP contribution is -2.00. The molecule has 0 aliphatic heterocycles. The molecule has 4 heteroatoms. The van der Waals surface area contributed by atoms with E-state index < -0.39 is 0 Å². The van der Waals surface area contributed by atoms with Crippen molar-refractivity contribution in [1.82, 2.24) is 9.78 Å². The minimum absolute atomic E-state index is 0.423. The van der Waals surface area contributed by atoms with E-state index in [0.29, 0.717) is 11.6 Å². The summed E-state index contributed by atoms with van der Waals surface area (Å²) in [6.07, 6.45) is 1.79. The predicted molar refractivity (Wildman–Crippen MR) is 81.9 cm³/mol. The van der Waals surface area contributed by atoms with E-state index in [1.165, 1.54) is 0 Å². The highest BCUT2D eigenvalue weighted by Crippen LogP contribution is 2.26. The van der Waals surface area contributed by atoms with E-state index in [1.54, 1.807) is 6.20 Å². The molecule has 3 rings (SSSR count). The van der Waals surface area contributed by atoms with Gasteiger partial charge in [-0.1, -0.05) is 35.9 Å². The summed E-state index contributed by atoms with van der Waals surface area (Å²) in [6.45, 7) is 0.423. The average molecular weight is 284 g/mol. The third-order valence-corrected chi connectivity index (χ3v) is 3.57. The maximum Gasteiger partial charge on any atom is 0.0741 e. The van der Waals surface area contributed by atoms with Gasteiger partial charge in [-0.2, -0.15) is 5.10 Å². The van der Waals surface area contributed by atoms with Crippen LogP contribution in [0.2, 0.25) is 5.02 Å². The Balaban J connectivity index is 2.10. The minimum Gasteiger partial charge on any atom is -0.326 e. The van der Waals surface area contributed by atoms with Gasteiger partial charge in [-0.05, 0) is 35.9 Å². The molecule has 1 aromatic heterocycles. The zero-order valence-corrected chi connectivity index (χ0v) is 11.6. The molecule has 0 unspecified atom stereocenters. The molecule has 0 saturated heterocycles. The van der Waals surface area contributed by atoms with Gasteiger partial charge in [0.05, 0.1) is 17.6 Å². The van der Waals surface area contributed by atoms with Gasteiger partial charge in [0.1, 0.15) is 0 Å². The van der Waals surface area contributed by atoms with Gasteiger partial charge >= 0.3 is 0 Å². The van der Waals surface area contributed by atoms with Crippen molar-refractivity contribution in [3.8, 4) is 16.9 Å². The van der Waals surface area contributed by atoms with E-state index >= 15 is 0 Å². The summed E-state index contributed by atoms with van der Waals surface area (Å²) < 4.78 is 1.91. The van der Waals surface area contributed by atoms with Crippen LogP contribution in [0.5, 0.6) is 0 Å². The molecule has 0 amide bonds. The normalized spacial score (nSPS) is 10.7. The first kappa shape index (κ1) is 12.9. The molecular weight excluding hydrogens is 270 g/mol. The molecule has 20 heavy (non-hydrogen) atoms. The Morgan fingerprint density at radius 3 is 2.60 bits per heavy atom. The lowest BCUT2D eigenvalue weighted by molar-refractivity contribution is 0.887. The number of aromatic nitrogens is 2. The number of para-hydroxylation sites is 1. The van der Waals surface area contributed by atoms with Gasteiger partial charge in [-0.25, -0.2) is 4.68 Å². The van der Waals surface area contributed by atoms with Crippen LogP contribution < -0.4 is 5.73 Å². The van der Waals surface area contributed by atoms with Crippen molar-refractivity contribution in [2.75, 3.05) is 0 Å². The Hall–Kier alpha value is -2.10. The standard InChI is InChI=1S/C16H14ClN3/c17-15-7-6-12(10-13(15)11-18)16-8-9-19-20(16)14-4-2-1-3-5-14/h1-10H,11,18H2. The van der Waals surface area contributed by atoms with E-state index in [1.807, 2.05) is 59.3 Å². The predicted octanol–water partition coefficient (Wildman–Crippen LogP) is 3.65. The quantitative estimate of drug-likeness (QED) is 0.797. The first-order valence-electron chi connectivity index (χ1n) is 6.38. The van der Waals surface area contributed by atoms with Crippen molar-refractivity contribution in [3.05, 3.63) is 71.4 Å². The Morgan fingerprint density at radius 2 is 1.85 bits per heavy atom.